The number of carbonyl (C=O) groups excluding carboxylic acids is 1. The van der Waals surface area contributed by atoms with Gasteiger partial charge in [0.25, 0.3) is 0 Å². The number of amides is 1. The Balaban J connectivity index is 0.00000182. The van der Waals surface area contributed by atoms with E-state index in [1.165, 1.54) is 64.6 Å². The smallest absolute Gasteiger partial charge is 0.228 e. The molecule has 0 aromatic rings. The maximum Gasteiger partial charge on any atom is 0.228 e. The summed E-state index contributed by atoms with van der Waals surface area (Å²) in [6.45, 7) is 5.61. The van der Waals surface area contributed by atoms with Crippen LogP contribution in [0, 0.1) is 17.3 Å². The Morgan fingerprint density at radius 3 is 2.52 bits per heavy atom. The van der Waals surface area contributed by atoms with Gasteiger partial charge >= 0.3 is 0 Å². The van der Waals surface area contributed by atoms with Gasteiger partial charge in [-0.3, -0.25) is 4.79 Å². The van der Waals surface area contributed by atoms with Crippen LogP contribution in [0.1, 0.15) is 64.2 Å². The molecule has 2 aliphatic carbocycles. The minimum atomic E-state index is -0.0841. The molecule has 2 N–H and O–H groups in total. The van der Waals surface area contributed by atoms with Gasteiger partial charge in [0.15, 0.2) is 0 Å². The molecule has 4 nitrogen and oxygen atoms in total. The zero-order valence-electron chi connectivity index (χ0n) is 15.6. The number of likely N-dealkylation sites (tertiary alicyclic amines) is 1. The molecule has 0 aromatic heterocycles. The average molecular weight is 370 g/mol. The fourth-order valence-corrected chi connectivity index (χ4v) is 5.84. The second-order valence-corrected chi connectivity index (χ2v) is 8.93. The maximum atomic E-state index is 13.1. The SMILES string of the molecule is Cl.O=C(NC1CCN(CC2CCCC2)CC1)[C@@]12CCCC[C@H]1CNC2. The van der Waals surface area contributed by atoms with Crippen LogP contribution >= 0.6 is 12.4 Å². The van der Waals surface area contributed by atoms with Crippen LogP contribution in [0.25, 0.3) is 0 Å². The lowest BCUT2D eigenvalue weighted by molar-refractivity contribution is -0.135. The third kappa shape index (κ3) is 4.17. The van der Waals surface area contributed by atoms with E-state index in [2.05, 4.69) is 15.5 Å². The molecular formula is C20H36ClN3O. The number of carbonyl (C=O) groups is 1. The van der Waals surface area contributed by atoms with E-state index in [0.29, 0.717) is 17.9 Å². The highest BCUT2D eigenvalue weighted by molar-refractivity contribution is 5.85. The van der Waals surface area contributed by atoms with Gasteiger partial charge in [-0.25, -0.2) is 0 Å². The number of halogens is 1. The van der Waals surface area contributed by atoms with Crippen molar-refractivity contribution >= 4 is 18.3 Å². The zero-order chi connectivity index (χ0) is 16.4. The largest absolute Gasteiger partial charge is 0.353 e. The molecule has 2 aliphatic heterocycles. The highest BCUT2D eigenvalue weighted by Crippen LogP contribution is 2.44. The van der Waals surface area contributed by atoms with Crippen molar-refractivity contribution < 1.29 is 4.79 Å². The van der Waals surface area contributed by atoms with Gasteiger partial charge in [-0.1, -0.05) is 25.7 Å². The molecular weight excluding hydrogens is 334 g/mol. The normalized spacial score (nSPS) is 34.5. The van der Waals surface area contributed by atoms with Crippen LogP contribution in [0.4, 0.5) is 0 Å². The first-order valence-corrected chi connectivity index (χ1v) is 10.5. The van der Waals surface area contributed by atoms with Crippen molar-refractivity contribution in [2.45, 2.75) is 70.3 Å². The standard InChI is InChI=1S/C20H35N3O.ClH/c24-19(20-10-4-3-7-17(20)13-21-15-20)22-18-8-11-23(12-9-18)14-16-5-1-2-6-16;/h16-18,21H,1-15H2,(H,22,24);1H/t17-,20+;/m0./s1. The average Bonchev–Trinajstić information content (AvgIpc) is 3.26. The Bertz CT molecular complexity index is 446. The Morgan fingerprint density at radius 1 is 1.04 bits per heavy atom. The Morgan fingerprint density at radius 2 is 1.76 bits per heavy atom. The van der Waals surface area contributed by atoms with E-state index in [1.807, 2.05) is 0 Å². The first-order chi connectivity index (χ1) is 11.8. The molecule has 4 rings (SSSR count). The molecule has 144 valence electrons. The van der Waals surface area contributed by atoms with Crippen LogP contribution in [-0.4, -0.2) is 49.6 Å². The van der Waals surface area contributed by atoms with Crippen molar-refractivity contribution in [2.24, 2.45) is 17.3 Å². The Labute approximate surface area is 159 Å². The van der Waals surface area contributed by atoms with Gasteiger partial charge < -0.3 is 15.5 Å². The van der Waals surface area contributed by atoms with E-state index in [0.717, 1.165) is 38.3 Å². The fourth-order valence-electron chi connectivity index (χ4n) is 5.84. The lowest BCUT2D eigenvalue weighted by Crippen LogP contribution is -2.53. The highest BCUT2D eigenvalue weighted by atomic mass is 35.5. The van der Waals surface area contributed by atoms with E-state index < -0.39 is 0 Å². The molecule has 1 amide bonds. The van der Waals surface area contributed by atoms with Crippen molar-refractivity contribution in [1.82, 2.24) is 15.5 Å². The van der Waals surface area contributed by atoms with Crippen LogP contribution in [-0.2, 0) is 4.79 Å². The van der Waals surface area contributed by atoms with E-state index in [9.17, 15) is 4.79 Å². The van der Waals surface area contributed by atoms with Gasteiger partial charge in [0.2, 0.25) is 5.91 Å². The van der Waals surface area contributed by atoms with Crippen LogP contribution in [0.3, 0.4) is 0 Å². The first-order valence-electron chi connectivity index (χ1n) is 10.5. The number of rotatable bonds is 4. The molecule has 5 heteroatoms. The summed E-state index contributed by atoms with van der Waals surface area (Å²) in [5.74, 6) is 1.89. The summed E-state index contributed by atoms with van der Waals surface area (Å²) in [4.78, 5) is 15.7. The molecule has 4 fully saturated rings. The molecule has 25 heavy (non-hydrogen) atoms. The number of nitrogens with one attached hydrogen (secondary N) is 2. The summed E-state index contributed by atoms with van der Waals surface area (Å²) in [6.07, 6.45) is 12.9. The predicted molar refractivity (Wildman–Crippen MR) is 104 cm³/mol. The van der Waals surface area contributed by atoms with E-state index in [1.54, 1.807) is 0 Å². The third-order valence-electron chi connectivity index (χ3n) is 7.40. The van der Waals surface area contributed by atoms with Gasteiger partial charge in [-0.15, -0.1) is 12.4 Å². The van der Waals surface area contributed by atoms with E-state index in [-0.39, 0.29) is 17.8 Å². The van der Waals surface area contributed by atoms with Crippen LogP contribution in [0.5, 0.6) is 0 Å². The summed E-state index contributed by atoms with van der Waals surface area (Å²) < 4.78 is 0. The lowest BCUT2D eigenvalue weighted by atomic mass is 9.67. The van der Waals surface area contributed by atoms with Crippen LogP contribution in [0.15, 0.2) is 0 Å². The number of hydrogen-bond donors (Lipinski definition) is 2. The second kappa shape index (κ2) is 8.58. The Hall–Kier alpha value is -0.320. The van der Waals surface area contributed by atoms with Gasteiger partial charge in [0.05, 0.1) is 5.41 Å². The van der Waals surface area contributed by atoms with Crippen molar-refractivity contribution in [1.29, 1.82) is 0 Å². The van der Waals surface area contributed by atoms with Gasteiger partial charge in [-0.2, -0.15) is 0 Å². The fraction of sp³-hybridized carbons (Fsp3) is 0.950. The summed E-state index contributed by atoms with van der Waals surface area (Å²) >= 11 is 0. The van der Waals surface area contributed by atoms with Gasteiger partial charge in [0.1, 0.15) is 0 Å². The maximum absolute atomic E-state index is 13.1. The number of hydrogen-bond acceptors (Lipinski definition) is 3. The quantitative estimate of drug-likeness (QED) is 0.800. The number of nitrogens with zero attached hydrogens (tertiary/aromatic N) is 1. The second-order valence-electron chi connectivity index (χ2n) is 8.93. The van der Waals surface area contributed by atoms with Crippen molar-refractivity contribution in [3.05, 3.63) is 0 Å². The Kier molecular flexibility index (Phi) is 6.67. The van der Waals surface area contributed by atoms with Crippen molar-refractivity contribution in [2.75, 3.05) is 32.7 Å². The third-order valence-corrected chi connectivity index (χ3v) is 7.40. The summed E-state index contributed by atoms with van der Waals surface area (Å²) in [5.41, 5.74) is -0.0841. The minimum absolute atomic E-state index is 0. The first kappa shape index (κ1) is 19.4. The summed E-state index contributed by atoms with van der Waals surface area (Å²) in [6, 6.07) is 0.412. The van der Waals surface area contributed by atoms with Crippen LogP contribution in [0.2, 0.25) is 0 Å². The van der Waals surface area contributed by atoms with Crippen molar-refractivity contribution in [3.8, 4) is 0 Å². The topological polar surface area (TPSA) is 44.4 Å². The summed E-state index contributed by atoms with van der Waals surface area (Å²) in [7, 11) is 0. The molecule has 0 radical (unpaired) electrons. The number of fused-ring (bicyclic) bond motifs is 1. The van der Waals surface area contributed by atoms with Crippen molar-refractivity contribution in [3.63, 3.8) is 0 Å². The lowest BCUT2D eigenvalue weighted by Gasteiger charge is -2.40. The van der Waals surface area contributed by atoms with Gasteiger partial charge in [-0.05, 0) is 56.9 Å². The zero-order valence-corrected chi connectivity index (χ0v) is 16.4. The van der Waals surface area contributed by atoms with E-state index >= 15 is 0 Å². The molecule has 2 heterocycles. The molecule has 0 bridgehead atoms. The van der Waals surface area contributed by atoms with Gasteiger partial charge in [0, 0.05) is 32.2 Å². The highest BCUT2D eigenvalue weighted by Gasteiger charge is 2.50. The predicted octanol–water partition coefficient (Wildman–Crippen LogP) is 2.96. The minimum Gasteiger partial charge on any atom is -0.353 e. The summed E-state index contributed by atoms with van der Waals surface area (Å²) in [5, 5.41) is 6.96. The van der Waals surface area contributed by atoms with E-state index in [4.69, 9.17) is 0 Å². The van der Waals surface area contributed by atoms with Crippen LogP contribution < -0.4 is 10.6 Å². The molecule has 0 aromatic carbocycles. The molecule has 2 atom stereocenters. The molecule has 0 unspecified atom stereocenters. The molecule has 0 spiro atoms. The molecule has 4 aliphatic rings. The molecule has 2 saturated carbocycles. The molecule has 2 saturated heterocycles. The number of piperidine rings is 1. The monoisotopic (exact) mass is 369 g/mol.